The van der Waals surface area contributed by atoms with Crippen LogP contribution >= 0.6 is 0 Å². The number of ether oxygens (including phenoxy) is 1. The quantitative estimate of drug-likeness (QED) is 0.839. The summed E-state index contributed by atoms with van der Waals surface area (Å²) in [5.74, 6) is 0.888. The summed E-state index contributed by atoms with van der Waals surface area (Å²) in [6.07, 6.45) is 1.63. The molecule has 2 atom stereocenters. The maximum atomic E-state index is 12.3. The van der Waals surface area contributed by atoms with Gasteiger partial charge in [0.2, 0.25) is 0 Å². The van der Waals surface area contributed by atoms with Gasteiger partial charge < -0.3 is 10.1 Å². The number of nitrogens with one attached hydrogen (secondary N) is 1. The van der Waals surface area contributed by atoms with Gasteiger partial charge in [0.1, 0.15) is 5.75 Å². The van der Waals surface area contributed by atoms with Gasteiger partial charge in [0.05, 0.1) is 6.04 Å². The van der Waals surface area contributed by atoms with E-state index in [9.17, 15) is 9.00 Å². The lowest BCUT2D eigenvalue weighted by atomic mass is 10.1. The standard InChI is InChI=1S/C19H23NO3S/c1-14-8-7-9-15(2)19(14)23-12-18(21)20-17(13-24(3)22)16-10-5-4-6-11-16/h4-11,17H,12-13H2,1-3H3,(H,20,21)/t17-,24-/m0/s1. The van der Waals surface area contributed by atoms with E-state index in [1.807, 2.05) is 62.4 Å². The minimum Gasteiger partial charge on any atom is -0.483 e. The van der Waals surface area contributed by atoms with Crippen molar-refractivity contribution >= 4 is 16.7 Å². The molecule has 0 unspecified atom stereocenters. The largest absolute Gasteiger partial charge is 0.483 e. The van der Waals surface area contributed by atoms with Crippen LogP contribution in [0.5, 0.6) is 5.75 Å². The van der Waals surface area contributed by atoms with Gasteiger partial charge in [0.25, 0.3) is 5.91 Å². The van der Waals surface area contributed by atoms with Crippen molar-refractivity contribution in [2.75, 3.05) is 18.6 Å². The zero-order chi connectivity index (χ0) is 17.5. The molecular formula is C19H23NO3S. The first-order valence-electron chi connectivity index (χ1n) is 7.80. The molecule has 0 aliphatic rings. The van der Waals surface area contributed by atoms with Crippen molar-refractivity contribution in [1.29, 1.82) is 0 Å². The molecule has 4 nitrogen and oxygen atoms in total. The highest BCUT2D eigenvalue weighted by Gasteiger charge is 2.17. The monoisotopic (exact) mass is 345 g/mol. The second-order valence-electron chi connectivity index (χ2n) is 5.78. The second kappa shape index (κ2) is 8.64. The number of rotatable bonds is 7. The Morgan fingerprint density at radius 3 is 2.29 bits per heavy atom. The number of hydrogen-bond acceptors (Lipinski definition) is 3. The minimum absolute atomic E-state index is 0.0641. The summed E-state index contributed by atoms with van der Waals surface area (Å²) >= 11 is 0. The van der Waals surface area contributed by atoms with Crippen molar-refractivity contribution in [3.8, 4) is 5.75 Å². The summed E-state index contributed by atoms with van der Waals surface area (Å²) in [6.45, 7) is 3.84. The molecule has 0 saturated heterocycles. The normalized spacial score (nSPS) is 13.1. The number of carbonyl (C=O) groups excluding carboxylic acids is 1. The van der Waals surface area contributed by atoms with Crippen LogP contribution < -0.4 is 10.1 Å². The zero-order valence-corrected chi connectivity index (χ0v) is 15.1. The van der Waals surface area contributed by atoms with E-state index in [4.69, 9.17) is 4.74 Å². The third kappa shape index (κ3) is 5.20. The number of carbonyl (C=O) groups is 1. The Labute approximate surface area is 145 Å². The summed E-state index contributed by atoms with van der Waals surface area (Å²) in [5.41, 5.74) is 2.93. The van der Waals surface area contributed by atoms with E-state index in [0.717, 1.165) is 22.4 Å². The molecule has 128 valence electrons. The fourth-order valence-electron chi connectivity index (χ4n) is 2.54. The molecule has 0 bridgehead atoms. The highest BCUT2D eigenvalue weighted by Crippen LogP contribution is 2.22. The number of amides is 1. The van der Waals surface area contributed by atoms with Crippen LogP contribution in [-0.2, 0) is 15.6 Å². The van der Waals surface area contributed by atoms with Crippen LogP contribution in [0, 0.1) is 13.8 Å². The SMILES string of the molecule is Cc1cccc(C)c1OCC(=O)N[C@@H](C[S@](C)=O)c1ccccc1. The van der Waals surface area contributed by atoms with Crippen molar-refractivity contribution < 1.29 is 13.7 Å². The van der Waals surface area contributed by atoms with Gasteiger partial charge in [-0.25, -0.2) is 0 Å². The fourth-order valence-corrected chi connectivity index (χ4v) is 3.29. The van der Waals surface area contributed by atoms with E-state index >= 15 is 0 Å². The van der Waals surface area contributed by atoms with Gasteiger partial charge in [-0.3, -0.25) is 9.00 Å². The van der Waals surface area contributed by atoms with Gasteiger partial charge in [0, 0.05) is 22.8 Å². The van der Waals surface area contributed by atoms with Gasteiger partial charge >= 0.3 is 0 Å². The van der Waals surface area contributed by atoms with Crippen molar-refractivity contribution in [3.63, 3.8) is 0 Å². The molecule has 2 rings (SSSR count). The Morgan fingerprint density at radius 1 is 1.08 bits per heavy atom. The lowest BCUT2D eigenvalue weighted by Gasteiger charge is -2.19. The Bertz CT molecular complexity index is 696. The molecular weight excluding hydrogens is 322 g/mol. The van der Waals surface area contributed by atoms with Gasteiger partial charge in [-0.05, 0) is 30.5 Å². The van der Waals surface area contributed by atoms with Gasteiger partial charge in [0.15, 0.2) is 6.61 Å². The summed E-state index contributed by atoms with van der Waals surface area (Å²) < 4.78 is 17.3. The van der Waals surface area contributed by atoms with E-state index in [1.165, 1.54) is 0 Å². The molecule has 0 spiro atoms. The minimum atomic E-state index is -1.02. The first-order chi connectivity index (χ1) is 11.5. The molecule has 2 aromatic rings. The predicted molar refractivity (Wildman–Crippen MR) is 97.7 cm³/mol. The Hall–Kier alpha value is -2.14. The van der Waals surface area contributed by atoms with Crippen LogP contribution in [0.15, 0.2) is 48.5 Å². The predicted octanol–water partition coefficient (Wildman–Crippen LogP) is 2.92. The van der Waals surface area contributed by atoms with Crippen molar-refractivity contribution in [2.24, 2.45) is 0 Å². The number of para-hydroxylation sites is 1. The van der Waals surface area contributed by atoms with Crippen molar-refractivity contribution in [2.45, 2.75) is 19.9 Å². The van der Waals surface area contributed by atoms with Crippen LogP contribution in [0.3, 0.4) is 0 Å². The second-order valence-corrected chi connectivity index (χ2v) is 7.26. The molecule has 5 heteroatoms. The fraction of sp³-hybridized carbons (Fsp3) is 0.316. The van der Waals surface area contributed by atoms with Crippen LogP contribution in [0.2, 0.25) is 0 Å². The molecule has 0 radical (unpaired) electrons. The zero-order valence-electron chi connectivity index (χ0n) is 14.2. The Morgan fingerprint density at radius 2 is 1.71 bits per heavy atom. The average molecular weight is 345 g/mol. The van der Waals surface area contributed by atoms with Crippen LogP contribution in [0.25, 0.3) is 0 Å². The molecule has 0 saturated carbocycles. The number of aryl methyl sites for hydroxylation is 2. The summed E-state index contributed by atoms with van der Waals surface area (Å²) in [7, 11) is -1.02. The third-order valence-corrected chi connectivity index (χ3v) is 4.50. The Balaban J connectivity index is 2.01. The van der Waals surface area contributed by atoms with Crippen LogP contribution in [0.1, 0.15) is 22.7 Å². The molecule has 2 aromatic carbocycles. The van der Waals surface area contributed by atoms with E-state index in [1.54, 1.807) is 6.26 Å². The third-order valence-electron chi connectivity index (χ3n) is 3.69. The van der Waals surface area contributed by atoms with Crippen molar-refractivity contribution in [3.05, 3.63) is 65.2 Å². The first-order valence-corrected chi connectivity index (χ1v) is 9.53. The van der Waals surface area contributed by atoms with E-state index in [0.29, 0.717) is 5.75 Å². The van der Waals surface area contributed by atoms with Crippen LogP contribution in [0.4, 0.5) is 0 Å². The van der Waals surface area contributed by atoms with E-state index < -0.39 is 10.8 Å². The lowest BCUT2D eigenvalue weighted by Crippen LogP contribution is -2.35. The molecule has 0 aromatic heterocycles. The van der Waals surface area contributed by atoms with Crippen molar-refractivity contribution in [1.82, 2.24) is 5.32 Å². The molecule has 0 aliphatic heterocycles. The molecule has 24 heavy (non-hydrogen) atoms. The lowest BCUT2D eigenvalue weighted by molar-refractivity contribution is -0.123. The smallest absolute Gasteiger partial charge is 0.258 e. The topological polar surface area (TPSA) is 55.4 Å². The molecule has 1 amide bonds. The van der Waals surface area contributed by atoms with Crippen LogP contribution in [-0.4, -0.2) is 28.7 Å². The van der Waals surface area contributed by atoms with Gasteiger partial charge in [-0.15, -0.1) is 0 Å². The maximum Gasteiger partial charge on any atom is 0.258 e. The van der Waals surface area contributed by atoms with E-state index in [2.05, 4.69) is 5.32 Å². The summed E-state index contributed by atoms with van der Waals surface area (Å²) in [5, 5.41) is 2.92. The highest BCUT2D eigenvalue weighted by molar-refractivity contribution is 7.84. The average Bonchev–Trinajstić information content (AvgIpc) is 2.54. The highest BCUT2D eigenvalue weighted by atomic mass is 32.2. The molecule has 0 heterocycles. The summed E-state index contributed by atoms with van der Waals surface area (Å²) in [4.78, 5) is 12.3. The molecule has 0 fully saturated rings. The summed E-state index contributed by atoms with van der Waals surface area (Å²) in [6, 6.07) is 15.1. The van der Waals surface area contributed by atoms with E-state index in [-0.39, 0.29) is 18.6 Å². The number of hydrogen-bond donors (Lipinski definition) is 1. The first kappa shape index (κ1) is 18.2. The van der Waals surface area contributed by atoms with Gasteiger partial charge in [-0.1, -0.05) is 48.5 Å². The van der Waals surface area contributed by atoms with Gasteiger partial charge in [-0.2, -0.15) is 0 Å². The Kier molecular flexibility index (Phi) is 6.55. The molecule has 1 N–H and O–H groups in total. The molecule has 0 aliphatic carbocycles. The maximum absolute atomic E-state index is 12.3. The number of benzene rings is 2.